The van der Waals surface area contributed by atoms with Crippen LogP contribution in [0.2, 0.25) is 15.1 Å². The fraction of sp³-hybridized carbons (Fsp3) is 0.478. The Balaban J connectivity index is 1.53. The number of hydrogen-bond donors (Lipinski definition) is 3. The molecule has 2 fully saturated rings. The third-order valence-corrected chi connectivity index (χ3v) is 7.56. The standard InChI is InChI=1S/C23H25Cl3FN7O2/c24-12-7-14(25)19(15(26)8-12)32-23-31-18-9-29-22(30-17-5-6-36-10-16(17)27)33-21(18)34(23)13-3-1-11(2-4-13)20(28)35/h7-9,11,13,16-17H,1-6,10H2,(H2,28,35)(H,31,32)(H,29,30,33)/t11-,13-,16-,17-/m1/s1. The van der Waals surface area contributed by atoms with Crippen molar-refractivity contribution in [3.63, 3.8) is 0 Å². The molecule has 1 amide bonds. The van der Waals surface area contributed by atoms with Gasteiger partial charge in [-0.15, -0.1) is 0 Å². The summed E-state index contributed by atoms with van der Waals surface area (Å²) < 4.78 is 21.5. The number of hydrogen-bond acceptors (Lipinski definition) is 7. The van der Waals surface area contributed by atoms with Crippen LogP contribution in [0, 0.1) is 5.92 Å². The molecule has 1 saturated carbocycles. The summed E-state index contributed by atoms with van der Waals surface area (Å²) >= 11 is 18.9. The number of aromatic nitrogens is 4. The highest BCUT2D eigenvalue weighted by Gasteiger charge is 2.30. The number of ether oxygens (including phenoxy) is 1. The molecule has 4 N–H and O–H groups in total. The number of alkyl halides is 1. The van der Waals surface area contributed by atoms with Crippen molar-refractivity contribution in [2.24, 2.45) is 11.7 Å². The molecule has 1 aromatic carbocycles. The van der Waals surface area contributed by atoms with Gasteiger partial charge in [-0.1, -0.05) is 34.8 Å². The Morgan fingerprint density at radius 1 is 1.11 bits per heavy atom. The van der Waals surface area contributed by atoms with Crippen LogP contribution in [-0.4, -0.2) is 50.9 Å². The number of carbonyl (C=O) groups is 1. The molecule has 2 aromatic heterocycles. The molecule has 13 heteroatoms. The van der Waals surface area contributed by atoms with E-state index in [2.05, 4.69) is 15.6 Å². The lowest BCUT2D eigenvalue weighted by molar-refractivity contribution is -0.122. The molecule has 1 aliphatic heterocycles. The minimum absolute atomic E-state index is 0.0160. The largest absolute Gasteiger partial charge is 0.378 e. The second-order valence-electron chi connectivity index (χ2n) is 9.12. The van der Waals surface area contributed by atoms with Crippen LogP contribution in [0.4, 0.5) is 22.0 Å². The number of rotatable bonds is 6. The number of amides is 1. The Bertz CT molecular complexity index is 1260. The molecule has 36 heavy (non-hydrogen) atoms. The average molecular weight is 557 g/mol. The Morgan fingerprint density at radius 2 is 1.83 bits per heavy atom. The molecule has 2 aliphatic rings. The number of carbonyl (C=O) groups excluding carboxylic acids is 1. The van der Waals surface area contributed by atoms with Crippen molar-refractivity contribution in [3.8, 4) is 0 Å². The van der Waals surface area contributed by atoms with Crippen molar-refractivity contribution < 1.29 is 13.9 Å². The Hall–Kier alpha value is -2.40. The quantitative estimate of drug-likeness (QED) is 0.377. The minimum Gasteiger partial charge on any atom is -0.378 e. The van der Waals surface area contributed by atoms with Crippen molar-refractivity contribution in [2.45, 2.75) is 50.4 Å². The maximum Gasteiger partial charge on any atom is 0.225 e. The molecule has 9 nitrogen and oxygen atoms in total. The number of benzene rings is 1. The molecular formula is C23H25Cl3FN7O2. The lowest BCUT2D eigenvalue weighted by Gasteiger charge is -2.29. The number of fused-ring (bicyclic) bond motifs is 1. The van der Waals surface area contributed by atoms with E-state index in [4.69, 9.17) is 55.2 Å². The first kappa shape index (κ1) is 25.3. The molecule has 0 radical (unpaired) electrons. The Morgan fingerprint density at radius 3 is 2.50 bits per heavy atom. The molecule has 0 spiro atoms. The number of halogens is 4. The second-order valence-corrected chi connectivity index (χ2v) is 10.4. The number of nitrogens with one attached hydrogen (secondary N) is 2. The number of anilines is 3. The van der Waals surface area contributed by atoms with Gasteiger partial charge in [-0.25, -0.2) is 14.4 Å². The smallest absolute Gasteiger partial charge is 0.225 e. The van der Waals surface area contributed by atoms with Crippen LogP contribution in [0.25, 0.3) is 11.2 Å². The molecule has 5 rings (SSSR count). The number of imidazole rings is 1. The van der Waals surface area contributed by atoms with Gasteiger partial charge in [0.25, 0.3) is 0 Å². The van der Waals surface area contributed by atoms with Gasteiger partial charge in [0.1, 0.15) is 11.7 Å². The third kappa shape index (κ3) is 5.18. The van der Waals surface area contributed by atoms with E-state index in [0.717, 1.165) is 0 Å². The number of nitrogens with zero attached hydrogens (tertiary/aromatic N) is 4. The van der Waals surface area contributed by atoms with Gasteiger partial charge in [0, 0.05) is 23.6 Å². The summed E-state index contributed by atoms with van der Waals surface area (Å²) in [5.41, 5.74) is 7.11. The first-order valence-electron chi connectivity index (χ1n) is 11.7. The maximum atomic E-state index is 14.3. The van der Waals surface area contributed by atoms with Crippen LogP contribution in [0.1, 0.15) is 38.1 Å². The Labute approximate surface area is 221 Å². The SMILES string of the molecule is NC(=O)[C@H]1CC[C@H](n2c(Nc3c(Cl)cc(Cl)cc3Cl)nc3cnc(N[C@@H]4CCOC[C@H]4F)nc32)CC1. The number of nitrogens with two attached hydrogens (primary N) is 1. The van der Waals surface area contributed by atoms with Crippen molar-refractivity contribution in [1.29, 1.82) is 0 Å². The summed E-state index contributed by atoms with van der Waals surface area (Å²) in [5.74, 6) is 0.334. The van der Waals surface area contributed by atoms with E-state index >= 15 is 0 Å². The monoisotopic (exact) mass is 555 g/mol. The average Bonchev–Trinajstić information content (AvgIpc) is 3.20. The number of primary amides is 1. The first-order valence-corrected chi connectivity index (χ1v) is 12.9. The van der Waals surface area contributed by atoms with E-state index in [1.807, 2.05) is 4.57 Å². The molecule has 192 valence electrons. The van der Waals surface area contributed by atoms with Crippen molar-refractivity contribution in [3.05, 3.63) is 33.4 Å². The van der Waals surface area contributed by atoms with Crippen LogP contribution >= 0.6 is 34.8 Å². The summed E-state index contributed by atoms with van der Waals surface area (Å²) in [5, 5.41) is 7.43. The topological polar surface area (TPSA) is 120 Å². The molecule has 2 atom stereocenters. The van der Waals surface area contributed by atoms with Crippen LogP contribution in [0.15, 0.2) is 18.3 Å². The molecule has 1 saturated heterocycles. The van der Waals surface area contributed by atoms with Gasteiger partial charge in [-0.3, -0.25) is 9.36 Å². The highest BCUT2D eigenvalue weighted by Crippen LogP contribution is 2.40. The van der Waals surface area contributed by atoms with Crippen molar-refractivity contribution in [1.82, 2.24) is 19.5 Å². The lowest BCUT2D eigenvalue weighted by atomic mass is 9.85. The summed E-state index contributed by atoms with van der Waals surface area (Å²) in [6.07, 6.45) is 3.67. The maximum absolute atomic E-state index is 14.3. The van der Waals surface area contributed by atoms with Gasteiger partial charge in [0.2, 0.25) is 17.8 Å². The molecule has 0 unspecified atom stereocenters. The first-order chi connectivity index (χ1) is 17.3. The van der Waals surface area contributed by atoms with E-state index in [1.54, 1.807) is 18.3 Å². The van der Waals surface area contributed by atoms with Gasteiger partial charge in [0.05, 0.1) is 34.6 Å². The fourth-order valence-electron chi connectivity index (χ4n) is 4.82. The predicted octanol–water partition coefficient (Wildman–Crippen LogP) is 5.29. The highest BCUT2D eigenvalue weighted by atomic mass is 35.5. The van der Waals surface area contributed by atoms with Crippen molar-refractivity contribution in [2.75, 3.05) is 23.8 Å². The zero-order chi connectivity index (χ0) is 25.4. The summed E-state index contributed by atoms with van der Waals surface area (Å²) in [6.45, 7) is 0.510. The molecule has 1 aliphatic carbocycles. The summed E-state index contributed by atoms with van der Waals surface area (Å²) in [4.78, 5) is 25.5. The van der Waals surface area contributed by atoms with E-state index in [-0.39, 0.29) is 24.5 Å². The van der Waals surface area contributed by atoms with Gasteiger partial charge in [-0.05, 0) is 44.2 Å². The van der Waals surface area contributed by atoms with Gasteiger partial charge >= 0.3 is 0 Å². The van der Waals surface area contributed by atoms with Gasteiger partial charge in [0.15, 0.2) is 5.65 Å². The van der Waals surface area contributed by atoms with Gasteiger partial charge < -0.3 is 21.1 Å². The molecule has 3 heterocycles. The van der Waals surface area contributed by atoms with E-state index in [1.165, 1.54) is 0 Å². The fourth-order valence-corrected chi connectivity index (χ4v) is 5.73. The predicted molar refractivity (Wildman–Crippen MR) is 138 cm³/mol. The van der Waals surface area contributed by atoms with Crippen LogP contribution in [-0.2, 0) is 9.53 Å². The zero-order valence-corrected chi connectivity index (χ0v) is 21.5. The molecule has 3 aromatic rings. The Kier molecular flexibility index (Phi) is 7.39. The zero-order valence-electron chi connectivity index (χ0n) is 19.2. The van der Waals surface area contributed by atoms with E-state index in [9.17, 15) is 9.18 Å². The van der Waals surface area contributed by atoms with Crippen LogP contribution in [0.3, 0.4) is 0 Å². The van der Waals surface area contributed by atoms with E-state index in [0.29, 0.717) is 82.5 Å². The third-order valence-electron chi connectivity index (χ3n) is 6.74. The van der Waals surface area contributed by atoms with Crippen molar-refractivity contribution >= 4 is 69.5 Å². The minimum atomic E-state index is -1.15. The van der Waals surface area contributed by atoms with Crippen LogP contribution in [0.5, 0.6) is 0 Å². The summed E-state index contributed by atoms with van der Waals surface area (Å²) in [7, 11) is 0. The second kappa shape index (κ2) is 10.5. The van der Waals surface area contributed by atoms with E-state index < -0.39 is 12.2 Å². The van der Waals surface area contributed by atoms with Gasteiger partial charge in [-0.2, -0.15) is 4.98 Å². The van der Waals surface area contributed by atoms with Crippen LogP contribution < -0.4 is 16.4 Å². The molecule has 0 bridgehead atoms. The lowest BCUT2D eigenvalue weighted by Crippen LogP contribution is -2.39. The normalized spacial score (nSPS) is 24.6. The molecular weight excluding hydrogens is 532 g/mol. The highest BCUT2D eigenvalue weighted by molar-refractivity contribution is 6.41. The summed E-state index contributed by atoms with van der Waals surface area (Å²) in [6, 6.07) is 2.72.